The fraction of sp³-hybridized carbons (Fsp3) is 1.00. The van der Waals surface area contributed by atoms with Crippen LogP contribution in [0.2, 0.25) is 0 Å². The van der Waals surface area contributed by atoms with Crippen LogP contribution in [0.3, 0.4) is 0 Å². The third-order valence-electron chi connectivity index (χ3n) is 4.07. The second kappa shape index (κ2) is 8.06. The maximum atomic E-state index is 3.54. The molecule has 1 N–H and O–H groups in total. The van der Waals surface area contributed by atoms with Gasteiger partial charge in [0.2, 0.25) is 0 Å². The fourth-order valence-electron chi connectivity index (χ4n) is 2.85. The van der Waals surface area contributed by atoms with Crippen molar-refractivity contribution in [2.75, 3.05) is 41.3 Å². The van der Waals surface area contributed by atoms with E-state index in [9.17, 15) is 0 Å². The summed E-state index contributed by atoms with van der Waals surface area (Å²) in [5, 5.41) is 3.54. The standard InChI is InChI=1S/C14H31N3/c1-15-13-9-7-5-6-8-10-14(13)17(4)12-11-16(2)3/h13-15H,5-12H2,1-4H3. The third-order valence-corrected chi connectivity index (χ3v) is 4.07. The van der Waals surface area contributed by atoms with Gasteiger partial charge in [-0.2, -0.15) is 0 Å². The lowest BCUT2D eigenvalue weighted by molar-refractivity contribution is 0.156. The van der Waals surface area contributed by atoms with E-state index in [0.29, 0.717) is 6.04 Å². The van der Waals surface area contributed by atoms with Crippen molar-refractivity contribution in [3.8, 4) is 0 Å². The topological polar surface area (TPSA) is 18.5 Å². The minimum absolute atomic E-state index is 0.683. The number of hydrogen-bond donors (Lipinski definition) is 1. The summed E-state index contributed by atoms with van der Waals surface area (Å²) in [7, 11) is 8.72. The first-order valence-electron chi connectivity index (χ1n) is 7.17. The molecule has 102 valence electrons. The summed E-state index contributed by atoms with van der Waals surface area (Å²) in [6.07, 6.45) is 8.34. The molecule has 0 aliphatic heterocycles. The molecule has 0 aromatic carbocycles. The van der Waals surface area contributed by atoms with Gasteiger partial charge in [-0.1, -0.05) is 25.7 Å². The minimum Gasteiger partial charge on any atom is -0.315 e. The average molecular weight is 241 g/mol. The van der Waals surface area contributed by atoms with Crippen molar-refractivity contribution < 1.29 is 0 Å². The molecule has 17 heavy (non-hydrogen) atoms. The molecule has 0 amide bonds. The van der Waals surface area contributed by atoms with Crippen molar-refractivity contribution in [3.63, 3.8) is 0 Å². The van der Waals surface area contributed by atoms with E-state index in [1.165, 1.54) is 45.1 Å². The van der Waals surface area contributed by atoms with E-state index in [1.54, 1.807) is 0 Å². The van der Waals surface area contributed by atoms with Crippen LogP contribution in [-0.4, -0.2) is 63.2 Å². The summed E-state index contributed by atoms with van der Waals surface area (Å²) in [6, 6.07) is 1.41. The Kier molecular flexibility index (Phi) is 7.09. The van der Waals surface area contributed by atoms with Gasteiger partial charge < -0.3 is 15.1 Å². The number of nitrogens with zero attached hydrogens (tertiary/aromatic N) is 2. The van der Waals surface area contributed by atoms with Crippen LogP contribution in [0.1, 0.15) is 38.5 Å². The Labute approximate surface area is 108 Å². The highest BCUT2D eigenvalue weighted by atomic mass is 15.2. The van der Waals surface area contributed by atoms with E-state index < -0.39 is 0 Å². The van der Waals surface area contributed by atoms with Crippen molar-refractivity contribution in [1.82, 2.24) is 15.1 Å². The summed E-state index contributed by atoms with van der Waals surface area (Å²) < 4.78 is 0. The molecule has 1 rings (SSSR count). The highest BCUT2D eigenvalue weighted by molar-refractivity contribution is 4.84. The second-order valence-corrected chi connectivity index (χ2v) is 5.74. The Hall–Kier alpha value is -0.120. The Morgan fingerprint density at radius 2 is 1.59 bits per heavy atom. The summed E-state index contributed by atoms with van der Waals surface area (Å²) in [4.78, 5) is 4.83. The first kappa shape index (κ1) is 14.9. The van der Waals surface area contributed by atoms with Crippen LogP contribution in [0.15, 0.2) is 0 Å². The molecule has 3 nitrogen and oxygen atoms in total. The fourth-order valence-corrected chi connectivity index (χ4v) is 2.85. The van der Waals surface area contributed by atoms with Gasteiger partial charge in [0.1, 0.15) is 0 Å². The maximum Gasteiger partial charge on any atom is 0.0246 e. The summed E-state index contributed by atoms with van der Waals surface area (Å²) in [6.45, 7) is 2.33. The van der Waals surface area contributed by atoms with E-state index in [1.807, 2.05) is 0 Å². The van der Waals surface area contributed by atoms with Crippen LogP contribution < -0.4 is 5.32 Å². The summed E-state index contributed by atoms with van der Waals surface area (Å²) in [5.41, 5.74) is 0. The molecular weight excluding hydrogens is 210 g/mol. The lowest BCUT2D eigenvalue weighted by atomic mass is 9.91. The highest BCUT2D eigenvalue weighted by Gasteiger charge is 2.24. The van der Waals surface area contributed by atoms with Crippen molar-refractivity contribution >= 4 is 0 Å². The minimum atomic E-state index is 0.683. The average Bonchev–Trinajstić information content (AvgIpc) is 2.26. The maximum absolute atomic E-state index is 3.54. The number of likely N-dealkylation sites (N-methyl/N-ethyl adjacent to an activating group) is 3. The Morgan fingerprint density at radius 3 is 2.18 bits per heavy atom. The summed E-state index contributed by atoms with van der Waals surface area (Å²) in [5.74, 6) is 0. The van der Waals surface area contributed by atoms with Crippen molar-refractivity contribution in [3.05, 3.63) is 0 Å². The molecule has 0 aromatic heterocycles. The van der Waals surface area contributed by atoms with Gasteiger partial charge in [0, 0.05) is 25.2 Å². The molecule has 0 spiro atoms. The van der Waals surface area contributed by atoms with Crippen molar-refractivity contribution in [2.24, 2.45) is 0 Å². The predicted octanol–water partition coefficient (Wildman–Crippen LogP) is 1.79. The van der Waals surface area contributed by atoms with Gasteiger partial charge in [-0.25, -0.2) is 0 Å². The number of hydrogen-bond acceptors (Lipinski definition) is 3. The molecule has 3 heteroatoms. The molecule has 1 aliphatic carbocycles. The molecule has 2 atom stereocenters. The molecule has 0 aromatic rings. The molecule has 1 fully saturated rings. The predicted molar refractivity (Wildman–Crippen MR) is 75.5 cm³/mol. The van der Waals surface area contributed by atoms with Crippen LogP contribution >= 0.6 is 0 Å². The quantitative estimate of drug-likeness (QED) is 0.792. The molecule has 0 radical (unpaired) electrons. The van der Waals surface area contributed by atoms with E-state index in [0.717, 1.165) is 12.6 Å². The first-order chi connectivity index (χ1) is 8.15. The largest absolute Gasteiger partial charge is 0.315 e. The number of nitrogens with one attached hydrogen (secondary N) is 1. The molecule has 0 heterocycles. The zero-order chi connectivity index (χ0) is 12.7. The van der Waals surface area contributed by atoms with Gasteiger partial charge in [0.25, 0.3) is 0 Å². The second-order valence-electron chi connectivity index (χ2n) is 5.74. The zero-order valence-corrected chi connectivity index (χ0v) is 12.2. The van der Waals surface area contributed by atoms with Crippen LogP contribution in [0.25, 0.3) is 0 Å². The zero-order valence-electron chi connectivity index (χ0n) is 12.2. The molecule has 1 saturated carbocycles. The molecule has 1 aliphatic rings. The molecule has 0 saturated heterocycles. The first-order valence-corrected chi connectivity index (χ1v) is 7.17. The van der Waals surface area contributed by atoms with E-state index >= 15 is 0 Å². The third kappa shape index (κ3) is 5.36. The lowest BCUT2D eigenvalue weighted by Gasteiger charge is -2.36. The lowest BCUT2D eigenvalue weighted by Crippen LogP contribution is -2.49. The molecular formula is C14H31N3. The van der Waals surface area contributed by atoms with E-state index in [2.05, 4.69) is 43.3 Å². The normalized spacial score (nSPS) is 27.2. The Balaban J connectivity index is 2.48. The SMILES string of the molecule is CNC1CCCCCCC1N(C)CCN(C)C. The van der Waals surface area contributed by atoms with Gasteiger partial charge in [-0.3, -0.25) is 0 Å². The van der Waals surface area contributed by atoms with Crippen molar-refractivity contribution in [2.45, 2.75) is 50.6 Å². The van der Waals surface area contributed by atoms with Crippen LogP contribution in [0, 0.1) is 0 Å². The summed E-state index contributed by atoms with van der Waals surface area (Å²) >= 11 is 0. The van der Waals surface area contributed by atoms with Crippen LogP contribution in [0.4, 0.5) is 0 Å². The smallest absolute Gasteiger partial charge is 0.0246 e. The van der Waals surface area contributed by atoms with Crippen molar-refractivity contribution in [1.29, 1.82) is 0 Å². The monoisotopic (exact) mass is 241 g/mol. The van der Waals surface area contributed by atoms with Gasteiger partial charge in [-0.15, -0.1) is 0 Å². The molecule has 2 unspecified atom stereocenters. The van der Waals surface area contributed by atoms with Gasteiger partial charge >= 0.3 is 0 Å². The van der Waals surface area contributed by atoms with Gasteiger partial charge in [0.15, 0.2) is 0 Å². The Bertz CT molecular complexity index is 194. The Morgan fingerprint density at radius 1 is 0.941 bits per heavy atom. The highest BCUT2D eigenvalue weighted by Crippen LogP contribution is 2.21. The van der Waals surface area contributed by atoms with E-state index in [-0.39, 0.29) is 0 Å². The van der Waals surface area contributed by atoms with Crippen LogP contribution in [-0.2, 0) is 0 Å². The van der Waals surface area contributed by atoms with Crippen LogP contribution in [0.5, 0.6) is 0 Å². The molecule has 0 bridgehead atoms. The number of rotatable bonds is 5. The van der Waals surface area contributed by atoms with Gasteiger partial charge in [-0.05, 0) is 41.0 Å². The van der Waals surface area contributed by atoms with Gasteiger partial charge in [0.05, 0.1) is 0 Å². The van der Waals surface area contributed by atoms with E-state index in [4.69, 9.17) is 0 Å².